The van der Waals surface area contributed by atoms with Gasteiger partial charge in [-0.05, 0) is 42.5 Å². The molecule has 0 heterocycles. The number of benzene rings is 2. The van der Waals surface area contributed by atoms with E-state index in [1.54, 1.807) is 0 Å². The van der Waals surface area contributed by atoms with E-state index < -0.39 is 17.7 Å². The summed E-state index contributed by atoms with van der Waals surface area (Å²) in [5.74, 6) is 0.0169. The van der Waals surface area contributed by atoms with Gasteiger partial charge in [0.05, 0.1) is 36.7 Å². The van der Waals surface area contributed by atoms with Crippen molar-refractivity contribution in [2.24, 2.45) is 5.10 Å². The molecule has 0 amide bonds. The molecular weight excluding hydrogens is 459 g/mol. The summed E-state index contributed by atoms with van der Waals surface area (Å²) >= 11 is 10.9. The predicted octanol–water partition coefficient (Wildman–Crippen LogP) is 4.62. The van der Waals surface area contributed by atoms with Gasteiger partial charge in [-0.15, -0.1) is 0 Å². The molecule has 166 valence electrons. The number of methoxy groups -OCH3 is 2. The average Bonchev–Trinajstić information content (AvgIpc) is 2.69. The molecule has 0 fully saturated rings. The molecule has 0 unspecified atom stereocenters. The van der Waals surface area contributed by atoms with Crippen LogP contribution in [0.2, 0.25) is 5.02 Å². The summed E-state index contributed by atoms with van der Waals surface area (Å²) in [6.07, 6.45) is -3.17. The van der Waals surface area contributed by atoms with E-state index in [2.05, 4.69) is 15.8 Å². The third-order valence-corrected chi connectivity index (χ3v) is 4.17. The van der Waals surface area contributed by atoms with Gasteiger partial charge in [0.1, 0.15) is 0 Å². The lowest BCUT2D eigenvalue weighted by Gasteiger charge is -2.13. The highest BCUT2D eigenvalue weighted by Crippen LogP contribution is 2.38. The van der Waals surface area contributed by atoms with E-state index >= 15 is 0 Å². The highest BCUT2D eigenvalue weighted by molar-refractivity contribution is 7.80. The van der Waals surface area contributed by atoms with E-state index in [0.29, 0.717) is 5.56 Å². The van der Waals surface area contributed by atoms with E-state index in [1.807, 2.05) is 0 Å². The van der Waals surface area contributed by atoms with Crippen LogP contribution in [0.1, 0.15) is 18.1 Å². The van der Waals surface area contributed by atoms with Gasteiger partial charge in [0.15, 0.2) is 16.6 Å². The number of nitrogens with one attached hydrogen (secondary N) is 2. The van der Waals surface area contributed by atoms with Crippen molar-refractivity contribution in [1.29, 1.82) is 0 Å². The summed E-state index contributed by atoms with van der Waals surface area (Å²) in [7, 11) is 2.78. The van der Waals surface area contributed by atoms with Crippen molar-refractivity contribution in [3.05, 3.63) is 46.5 Å². The number of rotatable bonds is 6. The van der Waals surface area contributed by atoms with Crippen molar-refractivity contribution in [2.45, 2.75) is 13.1 Å². The average molecular weight is 476 g/mol. The highest BCUT2D eigenvalue weighted by Gasteiger charge is 2.31. The maximum absolute atomic E-state index is 12.9. The largest absolute Gasteiger partial charge is 0.493 e. The van der Waals surface area contributed by atoms with Crippen LogP contribution in [0, 0.1) is 0 Å². The molecule has 0 saturated carbocycles. The fraction of sp³-hybridized carbons (Fsp3) is 0.211. The van der Waals surface area contributed by atoms with E-state index in [1.165, 1.54) is 39.5 Å². The molecule has 31 heavy (non-hydrogen) atoms. The summed E-state index contributed by atoms with van der Waals surface area (Å²) in [5.41, 5.74) is 2.06. The number of hydrogen-bond acceptors (Lipinski definition) is 6. The van der Waals surface area contributed by atoms with Gasteiger partial charge in [0, 0.05) is 12.5 Å². The number of esters is 1. The van der Waals surface area contributed by atoms with Crippen LogP contribution in [-0.2, 0) is 11.0 Å². The number of ether oxygens (including phenoxy) is 3. The Morgan fingerprint density at radius 1 is 1.16 bits per heavy atom. The molecular formula is C19H17ClF3N3O4S. The van der Waals surface area contributed by atoms with Crippen molar-refractivity contribution >= 4 is 46.8 Å². The lowest BCUT2D eigenvalue weighted by atomic mass is 10.2. The summed E-state index contributed by atoms with van der Waals surface area (Å²) in [5, 5.41) is 6.43. The van der Waals surface area contributed by atoms with Crippen molar-refractivity contribution < 1.29 is 32.2 Å². The Morgan fingerprint density at radius 3 is 2.29 bits per heavy atom. The topological polar surface area (TPSA) is 81.2 Å². The Balaban J connectivity index is 2.14. The molecule has 2 rings (SSSR count). The van der Waals surface area contributed by atoms with Gasteiger partial charge < -0.3 is 19.5 Å². The quantitative estimate of drug-likeness (QED) is 0.207. The van der Waals surface area contributed by atoms with Crippen molar-refractivity contribution in [3.8, 4) is 17.2 Å². The van der Waals surface area contributed by atoms with Gasteiger partial charge in [0.2, 0.25) is 5.75 Å². The van der Waals surface area contributed by atoms with Crippen LogP contribution in [0.5, 0.6) is 17.2 Å². The third-order valence-electron chi connectivity index (χ3n) is 3.65. The Bertz CT molecular complexity index is 990. The van der Waals surface area contributed by atoms with Crippen molar-refractivity contribution in [3.63, 3.8) is 0 Å². The number of hydrazone groups is 1. The SMILES string of the molecule is COc1cc(/C=N/NC(=S)Nc2cc(C(F)(F)F)ccc2Cl)cc(OC)c1OC(C)=O. The van der Waals surface area contributed by atoms with Crippen molar-refractivity contribution in [2.75, 3.05) is 19.5 Å². The lowest BCUT2D eigenvalue weighted by molar-refractivity contribution is -0.137. The normalized spacial score (nSPS) is 11.2. The summed E-state index contributed by atoms with van der Waals surface area (Å²) < 4.78 is 54.1. The van der Waals surface area contributed by atoms with E-state index in [9.17, 15) is 18.0 Å². The molecule has 0 atom stereocenters. The maximum atomic E-state index is 12.9. The third kappa shape index (κ3) is 6.72. The Kier molecular flexibility index (Phi) is 8.06. The summed E-state index contributed by atoms with van der Waals surface area (Å²) in [4.78, 5) is 11.3. The summed E-state index contributed by atoms with van der Waals surface area (Å²) in [6, 6.07) is 5.88. The van der Waals surface area contributed by atoms with Crippen molar-refractivity contribution in [1.82, 2.24) is 5.43 Å². The maximum Gasteiger partial charge on any atom is 0.416 e. The molecule has 2 N–H and O–H groups in total. The van der Waals surface area contributed by atoms with Gasteiger partial charge in [-0.25, -0.2) is 0 Å². The predicted molar refractivity (Wildman–Crippen MR) is 114 cm³/mol. The van der Waals surface area contributed by atoms with Crippen LogP contribution in [0.25, 0.3) is 0 Å². The molecule has 0 aromatic heterocycles. The lowest BCUT2D eigenvalue weighted by Crippen LogP contribution is -2.24. The smallest absolute Gasteiger partial charge is 0.416 e. The molecule has 0 spiro atoms. The van der Waals surface area contributed by atoms with Crippen LogP contribution in [0.15, 0.2) is 35.4 Å². The van der Waals surface area contributed by atoms with Gasteiger partial charge in [-0.3, -0.25) is 10.2 Å². The van der Waals surface area contributed by atoms with Crippen LogP contribution in [0.3, 0.4) is 0 Å². The molecule has 0 aliphatic heterocycles. The highest BCUT2D eigenvalue weighted by atomic mass is 35.5. The molecule has 12 heteroatoms. The minimum absolute atomic E-state index is 0.0294. The minimum atomic E-state index is -4.52. The molecule has 0 bridgehead atoms. The number of halogens is 4. The standard InChI is InChI=1S/C19H17ClF3N3O4S/c1-10(27)30-17-15(28-2)6-11(7-16(17)29-3)9-24-26-18(31)25-14-8-12(19(21,22)23)4-5-13(14)20/h4-9H,1-3H3,(H2,25,26,31)/b24-9+. The summed E-state index contributed by atoms with van der Waals surface area (Å²) in [6.45, 7) is 1.24. The zero-order chi connectivity index (χ0) is 23.2. The molecule has 2 aromatic rings. The number of anilines is 1. The second kappa shape index (κ2) is 10.3. The number of thiocarbonyl (C=S) groups is 1. The number of carbonyl (C=O) groups excluding carboxylic acids is 1. The Labute approximate surface area is 186 Å². The zero-order valence-electron chi connectivity index (χ0n) is 16.5. The molecule has 0 aliphatic carbocycles. The van der Waals surface area contributed by atoms with Crippen LogP contribution >= 0.6 is 23.8 Å². The fourth-order valence-corrected chi connectivity index (χ4v) is 2.66. The van der Waals surface area contributed by atoms with Gasteiger partial charge in [0.25, 0.3) is 0 Å². The van der Waals surface area contributed by atoms with Crippen LogP contribution in [0.4, 0.5) is 18.9 Å². The first-order valence-electron chi connectivity index (χ1n) is 8.46. The molecule has 0 saturated heterocycles. The molecule has 0 aliphatic rings. The fourth-order valence-electron chi connectivity index (χ4n) is 2.33. The monoisotopic (exact) mass is 475 g/mol. The number of alkyl halides is 3. The Hall–Kier alpha value is -3.05. The number of hydrogen-bond donors (Lipinski definition) is 2. The van der Waals surface area contributed by atoms with E-state index in [4.69, 9.17) is 38.0 Å². The van der Waals surface area contributed by atoms with E-state index in [-0.39, 0.29) is 33.1 Å². The molecule has 7 nitrogen and oxygen atoms in total. The van der Waals surface area contributed by atoms with Gasteiger partial charge in [-0.1, -0.05) is 11.6 Å². The second-order valence-corrected chi connectivity index (χ2v) is 6.68. The number of nitrogens with zero attached hydrogens (tertiary/aromatic N) is 1. The molecule has 2 aromatic carbocycles. The number of carbonyl (C=O) groups is 1. The first kappa shape index (κ1) is 24.2. The zero-order valence-corrected chi connectivity index (χ0v) is 18.0. The first-order chi connectivity index (χ1) is 14.5. The Morgan fingerprint density at radius 2 is 1.77 bits per heavy atom. The minimum Gasteiger partial charge on any atom is -0.493 e. The molecule has 0 radical (unpaired) electrons. The van der Waals surface area contributed by atoms with Gasteiger partial charge in [-0.2, -0.15) is 18.3 Å². The first-order valence-corrected chi connectivity index (χ1v) is 9.25. The van der Waals surface area contributed by atoms with Gasteiger partial charge >= 0.3 is 12.1 Å². The van der Waals surface area contributed by atoms with Crippen LogP contribution in [-0.4, -0.2) is 31.5 Å². The van der Waals surface area contributed by atoms with E-state index in [0.717, 1.165) is 18.2 Å². The second-order valence-electron chi connectivity index (χ2n) is 5.86. The van der Waals surface area contributed by atoms with Crippen LogP contribution < -0.4 is 25.0 Å².